The summed E-state index contributed by atoms with van der Waals surface area (Å²) in [5.74, 6) is 1.58. The first-order valence-corrected chi connectivity index (χ1v) is 13.6. The van der Waals surface area contributed by atoms with Crippen molar-refractivity contribution in [1.29, 1.82) is 0 Å². The van der Waals surface area contributed by atoms with Gasteiger partial charge < -0.3 is 24.3 Å². The van der Waals surface area contributed by atoms with Gasteiger partial charge in [0.05, 0.1) is 32.5 Å². The van der Waals surface area contributed by atoms with Crippen LogP contribution in [0.3, 0.4) is 0 Å². The lowest BCUT2D eigenvalue weighted by atomic mass is 9.95. The van der Waals surface area contributed by atoms with E-state index in [1.165, 1.54) is 33.8 Å². The fourth-order valence-electron chi connectivity index (χ4n) is 5.59. The molecule has 4 aromatic rings. The lowest BCUT2D eigenvalue weighted by Crippen LogP contribution is -2.41. The maximum Gasteiger partial charge on any atom is 0.318 e. The van der Waals surface area contributed by atoms with Gasteiger partial charge >= 0.3 is 6.03 Å². The van der Waals surface area contributed by atoms with Crippen LogP contribution < -0.4 is 14.8 Å². The van der Waals surface area contributed by atoms with Crippen LogP contribution in [-0.4, -0.2) is 29.7 Å². The zero-order chi connectivity index (χ0) is 25.4. The summed E-state index contributed by atoms with van der Waals surface area (Å²) in [4.78, 5) is 17.5. The molecule has 2 aromatic heterocycles. The summed E-state index contributed by atoms with van der Waals surface area (Å²) in [6.45, 7) is 1.00. The van der Waals surface area contributed by atoms with Crippen LogP contribution in [0.15, 0.2) is 66.9 Å². The second-order valence-electron chi connectivity index (χ2n) is 9.61. The van der Waals surface area contributed by atoms with Gasteiger partial charge in [-0.1, -0.05) is 24.3 Å². The summed E-state index contributed by atoms with van der Waals surface area (Å²) >= 11 is 1.90. The van der Waals surface area contributed by atoms with E-state index < -0.39 is 0 Å². The zero-order valence-electron chi connectivity index (χ0n) is 21.2. The molecule has 1 atom stereocenters. The second-order valence-corrected chi connectivity index (χ2v) is 10.7. The number of benzene rings is 2. The Bertz CT molecular complexity index is 1420. The number of nitrogens with one attached hydrogen (secondary N) is 1. The van der Waals surface area contributed by atoms with Crippen LogP contribution in [0.4, 0.5) is 4.79 Å². The molecule has 6 nitrogen and oxygen atoms in total. The monoisotopic (exact) mass is 513 g/mol. The minimum absolute atomic E-state index is 0.0833. The van der Waals surface area contributed by atoms with E-state index in [9.17, 15) is 4.79 Å². The summed E-state index contributed by atoms with van der Waals surface area (Å²) in [5.41, 5.74) is 5.90. The van der Waals surface area contributed by atoms with Gasteiger partial charge in [-0.2, -0.15) is 0 Å². The van der Waals surface area contributed by atoms with Gasteiger partial charge in [-0.3, -0.25) is 0 Å². The van der Waals surface area contributed by atoms with Crippen LogP contribution in [0.25, 0.3) is 5.00 Å². The lowest BCUT2D eigenvalue weighted by Gasteiger charge is -2.31. The minimum atomic E-state index is -0.231. The summed E-state index contributed by atoms with van der Waals surface area (Å²) < 4.78 is 13.1. The van der Waals surface area contributed by atoms with Crippen LogP contribution in [0.5, 0.6) is 11.5 Å². The minimum Gasteiger partial charge on any atom is -0.497 e. The van der Waals surface area contributed by atoms with E-state index in [1.807, 2.05) is 52.6 Å². The number of urea groups is 1. The smallest absolute Gasteiger partial charge is 0.318 e. The molecule has 1 aliphatic carbocycles. The summed E-state index contributed by atoms with van der Waals surface area (Å²) in [6.07, 6.45) is 6.81. The molecule has 0 saturated heterocycles. The van der Waals surface area contributed by atoms with E-state index in [1.54, 1.807) is 14.2 Å². The molecule has 1 N–H and O–H groups in total. The van der Waals surface area contributed by atoms with E-state index >= 15 is 0 Å². The van der Waals surface area contributed by atoms with Gasteiger partial charge in [0.2, 0.25) is 0 Å². The molecule has 2 aromatic carbocycles. The number of carbonyl (C=O) groups excluding carboxylic acids is 1. The van der Waals surface area contributed by atoms with E-state index in [-0.39, 0.29) is 12.1 Å². The van der Waals surface area contributed by atoms with Crippen LogP contribution in [0.1, 0.15) is 51.7 Å². The van der Waals surface area contributed by atoms with Crippen molar-refractivity contribution in [2.45, 2.75) is 44.8 Å². The molecular formula is C30H31N3O3S. The third-order valence-electron chi connectivity index (χ3n) is 7.45. The molecule has 37 heavy (non-hydrogen) atoms. The lowest BCUT2D eigenvalue weighted by molar-refractivity contribution is 0.180. The highest BCUT2D eigenvalue weighted by Crippen LogP contribution is 2.44. The van der Waals surface area contributed by atoms with Crippen molar-refractivity contribution in [1.82, 2.24) is 14.8 Å². The number of fused-ring (bicyclic) bond motifs is 5. The number of thiophene rings is 1. The molecule has 2 amide bonds. The summed E-state index contributed by atoms with van der Waals surface area (Å²) in [6, 6.07) is 19.8. The molecule has 0 bridgehead atoms. The Morgan fingerprint density at radius 1 is 0.973 bits per heavy atom. The second kappa shape index (κ2) is 9.98. The first-order chi connectivity index (χ1) is 18.2. The Labute approximate surface area is 221 Å². The van der Waals surface area contributed by atoms with Gasteiger partial charge in [0.15, 0.2) is 0 Å². The predicted octanol–water partition coefficient (Wildman–Crippen LogP) is 6.25. The van der Waals surface area contributed by atoms with Crippen molar-refractivity contribution in [3.05, 3.63) is 99.7 Å². The molecule has 0 saturated carbocycles. The third kappa shape index (κ3) is 4.37. The quantitative estimate of drug-likeness (QED) is 0.343. The first-order valence-electron chi connectivity index (χ1n) is 12.8. The summed E-state index contributed by atoms with van der Waals surface area (Å²) in [5, 5.41) is 4.45. The average molecular weight is 514 g/mol. The van der Waals surface area contributed by atoms with Gasteiger partial charge in [-0.25, -0.2) is 4.79 Å². The number of hydrogen-bond donors (Lipinski definition) is 1. The topological polar surface area (TPSA) is 55.7 Å². The van der Waals surface area contributed by atoms with Crippen LogP contribution in [-0.2, 0) is 25.9 Å². The Hall–Kier alpha value is -3.71. The standard InChI is InChI=1S/C30H31N3O3S/c1-35-22-14-12-21(13-15-22)28-26-10-6-16-32(26)29-25(24-9-3-4-11-27(24)37-29)19-33(28)30(34)31-18-20-7-5-8-23(17-20)36-2/h5-8,10,12-17,28H,3-4,9,11,18-19H2,1-2H3,(H,31,34)/t28-/m1/s1. The number of aryl methyl sites for hydroxylation is 1. The van der Waals surface area contributed by atoms with Crippen molar-refractivity contribution in [2.24, 2.45) is 0 Å². The number of rotatable bonds is 5. The molecule has 3 heterocycles. The van der Waals surface area contributed by atoms with E-state index in [0.717, 1.165) is 41.2 Å². The maximum atomic E-state index is 14.0. The van der Waals surface area contributed by atoms with Crippen LogP contribution in [0.2, 0.25) is 0 Å². The largest absolute Gasteiger partial charge is 0.497 e. The molecule has 0 spiro atoms. The van der Waals surface area contributed by atoms with Gasteiger partial charge in [-0.05, 0) is 78.8 Å². The molecular weight excluding hydrogens is 482 g/mol. The highest BCUT2D eigenvalue weighted by Gasteiger charge is 2.36. The van der Waals surface area contributed by atoms with E-state index in [4.69, 9.17) is 9.47 Å². The van der Waals surface area contributed by atoms with Crippen LogP contribution in [0, 0.1) is 0 Å². The first kappa shape index (κ1) is 23.7. The fraction of sp³-hybridized carbons (Fsp3) is 0.300. The highest BCUT2D eigenvalue weighted by atomic mass is 32.1. The van der Waals surface area contributed by atoms with Gasteiger partial charge in [-0.15, -0.1) is 11.3 Å². The Morgan fingerprint density at radius 3 is 2.59 bits per heavy atom. The van der Waals surface area contributed by atoms with Crippen molar-refractivity contribution in [3.8, 4) is 16.5 Å². The number of ether oxygens (including phenoxy) is 2. The SMILES string of the molecule is COc1ccc([C@@H]2c3cccn3-c3sc4c(c3CN2C(=O)NCc2cccc(OC)c2)CCCC4)cc1. The van der Waals surface area contributed by atoms with Crippen molar-refractivity contribution in [2.75, 3.05) is 14.2 Å². The van der Waals surface area contributed by atoms with E-state index in [2.05, 4.69) is 40.3 Å². The number of carbonyl (C=O) groups is 1. The third-order valence-corrected chi connectivity index (χ3v) is 8.78. The number of hydrogen-bond acceptors (Lipinski definition) is 4. The number of amides is 2. The predicted molar refractivity (Wildman–Crippen MR) is 146 cm³/mol. The summed E-state index contributed by atoms with van der Waals surface area (Å²) in [7, 11) is 3.33. The van der Waals surface area contributed by atoms with Crippen LogP contribution >= 0.6 is 11.3 Å². The fourth-order valence-corrected chi connectivity index (χ4v) is 6.99. The number of methoxy groups -OCH3 is 2. The molecule has 0 fully saturated rings. The van der Waals surface area contributed by atoms with Gasteiger partial charge in [0.1, 0.15) is 16.5 Å². The Balaban J connectivity index is 1.41. The van der Waals surface area contributed by atoms with Gasteiger partial charge in [0.25, 0.3) is 0 Å². The average Bonchev–Trinajstić information content (AvgIpc) is 3.54. The number of nitrogens with zero attached hydrogens (tertiary/aromatic N) is 2. The molecule has 1 aliphatic heterocycles. The van der Waals surface area contributed by atoms with E-state index in [0.29, 0.717) is 13.1 Å². The molecule has 0 radical (unpaired) electrons. The molecule has 7 heteroatoms. The van der Waals surface area contributed by atoms with Gasteiger partial charge in [0, 0.05) is 23.2 Å². The van der Waals surface area contributed by atoms with Crippen molar-refractivity contribution < 1.29 is 14.3 Å². The molecule has 2 aliphatic rings. The Kier molecular flexibility index (Phi) is 6.38. The molecule has 6 rings (SSSR count). The zero-order valence-corrected chi connectivity index (χ0v) is 22.0. The maximum absolute atomic E-state index is 14.0. The Morgan fingerprint density at radius 2 is 1.78 bits per heavy atom. The van der Waals surface area contributed by atoms with Crippen molar-refractivity contribution >= 4 is 17.4 Å². The normalized spacial score (nSPS) is 16.3. The molecule has 190 valence electrons. The number of aromatic nitrogens is 1. The van der Waals surface area contributed by atoms with Crippen molar-refractivity contribution in [3.63, 3.8) is 0 Å². The highest BCUT2D eigenvalue weighted by molar-refractivity contribution is 7.15. The molecule has 0 unspecified atom stereocenters.